The summed E-state index contributed by atoms with van der Waals surface area (Å²) in [6.07, 6.45) is 3.28. The number of benzene rings is 1. The largest absolute Gasteiger partial charge is 0.366 e. The lowest BCUT2D eigenvalue weighted by Crippen LogP contribution is -2.51. The van der Waals surface area contributed by atoms with Gasteiger partial charge in [0.15, 0.2) is 0 Å². The quantitative estimate of drug-likeness (QED) is 0.570. The third-order valence-corrected chi connectivity index (χ3v) is 6.09. The van der Waals surface area contributed by atoms with Gasteiger partial charge in [0.05, 0.1) is 18.3 Å². The van der Waals surface area contributed by atoms with E-state index in [-0.39, 0.29) is 5.91 Å². The van der Waals surface area contributed by atoms with Crippen LogP contribution >= 0.6 is 0 Å². The highest BCUT2D eigenvalue weighted by molar-refractivity contribution is 5.82. The maximum absolute atomic E-state index is 13.5. The molecule has 0 N–H and O–H groups in total. The van der Waals surface area contributed by atoms with Gasteiger partial charge in [-0.2, -0.15) is 5.10 Å². The Hall–Kier alpha value is -2.77. The Morgan fingerprint density at radius 1 is 1.31 bits per heavy atom. The average Bonchev–Trinajstić information content (AvgIpc) is 3.10. The number of fused-ring (bicyclic) bond motifs is 1. The summed E-state index contributed by atoms with van der Waals surface area (Å²) in [6.45, 7) is 10.4. The van der Waals surface area contributed by atoms with Gasteiger partial charge in [-0.1, -0.05) is 26.0 Å². The second-order valence-corrected chi connectivity index (χ2v) is 9.12. The van der Waals surface area contributed by atoms with Gasteiger partial charge in [-0.3, -0.25) is 19.4 Å². The molecule has 170 valence electrons. The molecule has 1 aliphatic rings. The molecule has 1 amide bonds. The molecule has 7 heteroatoms. The summed E-state index contributed by atoms with van der Waals surface area (Å²) in [5.41, 5.74) is 4.43. The van der Waals surface area contributed by atoms with Gasteiger partial charge in [0.2, 0.25) is 0 Å². The molecule has 1 saturated heterocycles. The molecule has 1 fully saturated rings. The van der Waals surface area contributed by atoms with Crippen molar-refractivity contribution < 1.29 is 9.53 Å². The Balaban J connectivity index is 1.47. The molecular formula is C25H33N5O2. The van der Waals surface area contributed by atoms with E-state index in [0.717, 1.165) is 35.2 Å². The van der Waals surface area contributed by atoms with Crippen molar-refractivity contribution in [2.45, 2.75) is 40.0 Å². The molecule has 1 aliphatic heterocycles. The minimum absolute atomic E-state index is 0.0672. The maximum atomic E-state index is 13.5. The van der Waals surface area contributed by atoms with E-state index >= 15 is 0 Å². The third-order valence-electron chi connectivity index (χ3n) is 6.09. The molecule has 3 aromatic rings. The van der Waals surface area contributed by atoms with Gasteiger partial charge < -0.3 is 9.64 Å². The standard InChI is InChI=1S/C25H33N5O2/c1-18(2)14-30(15-20-7-8-23-21(12-20)6-5-9-26-23)25(31)24-17-29(10-11-32-24)16-22-13-27-28(4)19(22)3/h5-9,12-13,18,24H,10-11,14-17H2,1-4H3/t24-/m1/s1. The Bertz CT molecular complexity index is 1080. The van der Waals surface area contributed by atoms with Crippen LogP contribution in [0, 0.1) is 12.8 Å². The number of aromatic nitrogens is 3. The molecule has 32 heavy (non-hydrogen) atoms. The first-order valence-corrected chi connectivity index (χ1v) is 11.3. The summed E-state index contributed by atoms with van der Waals surface area (Å²) in [5.74, 6) is 0.441. The van der Waals surface area contributed by atoms with Crippen molar-refractivity contribution in [1.29, 1.82) is 0 Å². The highest BCUT2D eigenvalue weighted by Gasteiger charge is 2.31. The van der Waals surface area contributed by atoms with Gasteiger partial charge in [-0.15, -0.1) is 0 Å². The Morgan fingerprint density at radius 2 is 2.16 bits per heavy atom. The van der Waals surface area contributed by atoms with Crippen molar-refractivity contribution in [2.75, 3.05) is 26.2 Å². The highest BCUT2D eigenvalue weighted by Crippen LogP contribution is 2.19. The van der Waals surface area contributed by atoms with Gasteiger partial charge in [0.1, 0.15) is 6.10 Å². The number of amides is 1. The summed E-state index contributed by atoms with van der Waals surface area (Å²) >= 11 is 0. The third kappa shape index (κ3) is 5.16. The predicted molar refractivity (Wildman–Crippen MR) is 125 cm³/mol. The SMILES string of the molecule is Cc1c(CN2CCO[C@@H](C(=O)N(Cc3ccc4ncccc4c3)CC(C)C)C2)cnn1C. The highest BCUT2D eigenvalue weighted by atomic mass is 16.5. The topological polar surface area (TPSA) is 63.5 Å². The van der Waals surface area contributed by atoms with Crippen LogP contribution in [0.25, 0.3) is 10.9 Å². The number of nitrogens with zero attached hydrogens (tertiary/aromatic N) is 5. The molecule has 7 nitrogen and oxygen atoms in total. The minimum Gasteiger partial charge on any atom is -0.366 e. The lowest BCUT2D eigenvalue weighted by Gasteiger charge is -2.35. The lowest BCUT2D eigenvalue weighted by atomic mass is 10.1. The summed E-state index contributed by atoms with van der Waals surface area (Å²) < 4.78 is 7.84. The number of pyridine rings is 1. The molecule has 1 atom stereocenters. The molecule has 0 unspecified atom stereocenters. The average molecular weight is 436 g/mol. The van der Waals surface area contributed by atoms with E-state index in [2.05, 4.69) is 54.0 Å². The van der Waals surface area contributed by atoms with Crippen LogP contribution in [0.5, 0.6) is 0 Å². The first kappa shape index (κ1) is 22.4. The van der Waals surface area contributed by atoms with Crippen LogP contribution in [0.3, 0.4) is 0 Å². The molecule has 2 aromatic heterocycles. The number of rotatable bonds is 7. The van der Waals surface area contributed by atoms with E-state index in [0.29, 0.717) is 32.2 Å². The molecule has 3 heterocycles. The fourth-order valence-electron chi connectivity index (χ4n) is 4.26. The van der Waals surface area contributed by atoms with Crippen LogP contribution < -0.4 is 0 Å². The second kappa shape index (κ2) is 9.79. The fourth-order valence-corrected chi connectivity index (χ4v) is 4.26. The molecular weight excluding hydrogens is 402 g/mol. The van der Waals surface area contributed by atoms with E-state index in [1.807, 2.05) is 35.0 Å². The summed E-state index contributed by atoms with van der Waals surface area (Å²) in [6, 6.07) is 10.2. The van der Waals surface area contributed by atoms with Crippen LogP contribution in [0.15, 0.2) is 42.7 Å². The molecule has 0 saturated carbocycles. The Morgan fingerprint density at radius 3 is 2.91 bits per heavy atom. The number of ether oxygens (including phenoxy) is 1. The van der Waals surface area contributed by atoms with Crippen LogP contribution in [-0.4, -0.2) is 62.8 Å². The molecule has 0 aliphatic carbocycles. The molecule has 0 bridgehead atoms. The van der Waals surface area contributed by atoms with E-state index in [1.165, 1.54) is 5.56 Å². The smallest absolute Gasteiger partial charge is 0.253 e. The minimum atomic E-state index is -0.443. The first-order valence-electron chi connectivity index (χ1n) is 11.3. The first-order chi connectivity index (χ1) is 15.4. The molecule has 0 spiro atoms. The number of carbonyl (C=O) groups is 1. The monoisotopic (exact) mass is 435 g/mol. The Kier molecular flexibility index (Phi) is 6.86. The van der Waals surface area contributed by atoms with Crippen LogP contribution in [0.1, 0.15) is 30.7 Å². The Labute approximate surface area is 190 Å². The summed E-state index contributed by atoms with van der Waals surface area (Å²) in [4.78, 5) is 22.2. The summed E-state index contributed by atoms with van der Waals surface area (Å²) in [5, 5.41) is 5.44. The van der Waals surface area contributed by atoms with Crippen molar-refractivity contribution in [3.63, 3.8) is 0 Å². The normalized spacial score (nSPS) is 17.2. The molecule has 0 radical (unpaired) electrons. The summed E-state index contributed by atoms with van der Waals surface area (Å²) in [7, 11) is 1.96. The van der Waals surface area contributed by atoms with E-state index in [1.54, 1.807) is 6.20 Å². The predicted octanol–water partition coefficient (Wildman–Crippen LogP) is 3.16. The van der Waals surface area contributed by atoms with Crippen molar-refractivity contribution in [1.82, 2.24) is 24.6 Å². The van der Waals surface area contributed by atoms with E-state index in [4.69, 9.17) is 4.74 Å². The van der Waals surface area contributed by atoms with Gasteiger partial charge >= 0.3 is 0 Å². The van der Waals surface area contributed by atoms with Crippen molar-refractivity contribution in [2.24, 2.45) is 13.0 Å². The molecule has 1 aromatic carbocycles. The number of morpholine rings is 1. The number of aryl methyl sites for hydroxylation is 1. The van der Waals surface area contributed by atoms with Gasteiger partial charge in [-0.05, 0) is 36.6 Å². The van der Waals surface area contributed by atoms with Gasteiger partial charge in [-0.25, -0.2) is 0 Å². The zero-order valence-electron chi connectivity index (χ0n) is 19.5. The second-order valence-electron chi connectivity index (χ2n) is 9.12. The van der Waals surface area contributed by atoms with Gasteiger partial charge in [0.25, 0.3) is 5.91 Å². The van der Waals surface area contributed by atoms with Crippen molar-refractivity contribution in [3.8, 4) is 0 Å². The number of hydrogen-bond acceptors (Lipinski definition) is 5. The number of carbonyl (C=O) groups excluding carboxylic acids is 1. The fraction of sp³-hybridized carbons (Fsp3) is 0.480. The number of hydrogen-bond donors (Lipinski definition) is 0. The van der Waals surface area contributed by atoms with E-state index in [9.17, 15) is 4.79 Å². The van der Waals surface area contributed by atoms with Crippen molar-refractivity contribution >= 4 is 16.8 Å². The maximum Gasteiger partial charge on any atom is 0.253 e. The van der Waals surface area contributed by atoms with Crippen LogP contribution in [-0.2, 0) is 29.7 Å². The van der Waals surface area contributed by atoms with Crippen LogP contribution in [0.4, 0.5) is 0 Å². The van der Waals surface area contributed by atoms with Crippen LogP contribution in [0.2, 0.25) is 0 Å². The zero-order valence-corrected chi connectivity index (χ0v) is 19.5. The zero-order chi connectivity index (χ0) is 22.7. The van der Waals surface area contributed by atoms with E-state index < -0.39 is 6.10 Å². The van der Waals surface area contributed by atoms with Gasteiger partial charge in [0, 0.05) is 62.6 Å². The van der Waals surface area contributed by atoms with Crippen molar-refractivity contribution in [3.05, 3.63) is 59.5 Å². The lowest BCUT2D eigenvalue weighted by molar-refractivity contribution is -0.151. The molecule has 4 rings (SSSR count).